The molecule has 2 amide bonds. The maximum absolute atomic E-state index is 11.8. The first-order valence-electron chi connectivity index (χ1n) is 5.56. The standard InChI is InChI=1S/C12H15N3O2/c1-17-8-4-7-15-11(13)9-5-2-3-6-10(9)14-12(15)16/h2-3,5-6,9,13H,4,7-8H2,1H3. The number of hydrogen-bond donors (Lipinski definition) is 1. The lowest BCUT2D eigenvalue weighted by Gasteiger charge is -2.30. The van der Waals surface area contributed by atoms with Gasteiger partial charge in [0, 0.05) is 20.3 Å². The summed E-state index contributed by atoms with van der Waals surface area (Å²) in [5.74, 6) is 0.122. The van der Waals surface area contributed by atoms with Crippen LogP contribution in [0.25, 0.3) is 0 Å². The molecule has 1 atom stereocenters. The summed E-state index contributed by atoms with van der Waals surface area (Å²) in [7, 11) is 1.62. The summed E-state index contributed by atoms with van der Waals surface area (Å²) < 4.78 is 4.94. The van der Waals surface area contributed by atoms with Crippen molar-refractivity contribution >= 4 is 17.6 Å². The van der Waals surface area contributed by atoms with Gasteiger partial charge in [0.05, 0.1) is 11.6 Å². The Kier molecular flexibility index (Phi) is 3.49. The Morgan fingerprint density at radius 2 is 2.35 bits per heavy atom. The number of hydrogen-bond acceptors (Lipinski definition) is 3. The van der Waals surface area contributed by atoms with Crippen molar-refractivity contribution in [3.05, 3.63) is 24.3 Å². The molecule has 5 heteroatoms. The fourth-order valence-corrected chi connectivity index (χ4v) is 1.89. The second-order valence-corrected chi connectivity index (χ2v) is 3.92. The Balaban J connectivity index is 2.12. The maximum Gasteiger partial charge on any atom is 0.349 e. The van der Waals surface area contributed by atoms with E-state index in [0.717, 1.165) is 0 Å². The van der Waals surface area contributed by atoms with Crippen LogP contribution >= 0.6 is 0 Å². The van der Waals surface area contributed by atoms with Crippen LogP contribution in [0.15, 0.2) is 29.3 Å². The predicted molar refractivity (Wildman–Crippen MR) is 65.5 cm³/mol. The van der Waals surface area contributed by atoms with Crippen molar-refractivity contribution in [1.82, 2.24) is 4.90 Å². The van der Waals surface area contributed by atoms with Crippen LogP contribution in [-0.2, 0) is 4.74 Å². The number of amidine groups is 1. The average molecular weight is 233 g/mol. The van der Waals surface area contributed by atoms with Crippen LogP contribution in [-0.4, -0.2) is 42.7 Å². The van der Waals surface area contributed by atoms with Gasteiger partial charge in [0.15, 0.2) is 0 Å². The van der Waals surface area contributed by atoms with Crippen molar-refractivity contribution in [2.24, 2.45) is 10.9 Å². The molecule has 0 fully saturated rings. The molecular formula is C12H15N3O2. The summed E-state index contributed by atoms with van der Waals surface area (Å²) in [4.78, 5) is 17.2. The number of carbonyl (C=O) groups is 1. The van der Waals surface area contributed by atoms with Gasteiger partial charge < -0.3 is 4.74 Å². The van der Waals surface area contributed by atoms with Gasteiger partial charge in [-0.1, -0.05) is 18.2 Å². The molecule has 0 radical (unpaired) electrons. The largest absolute Gasteiger partial charge is 0.385 e. The monoisotopic (exact) mass is 233 g/mol. The molecular weight excluding hydrogens is 218 g/mol. The molecule has 1 N–H and O–H groups in total. The molecule has 0 aromatic rings. The Morgan fingerprint density at radius 3 is 3.12 bits per heavy atom. The van der Waals surface area contributed by atoms with Crippen LogP contribution in [0.4, 0.5) is 4.79 Å². The second kappa shape index (κ2) is 5.05. The van der Waals surface area contributed by atoms with Crippen molar-refractivity contribution in [2.75, 3.05) is 20.3 Å². The van der Waals surface area contributed by atoms with Crippen molar-refractivity contribution < 1.29 is 9.53 Å². The van der Waals surface area contributed by atoms with E-state index in [-0.39, 0.29) is 11.9 Å². The quantitative estimate of drug-likeness (QED) is 0.750. The van der Waals surface area contributed by atoms with Crippen LogP contribution in [0.2, 0.25) is 0 Å². The normalized spacial score (nSPS) is 22.8. The van der Waals surface area contributed by atoms with Gasteiger partial charge in [0.2, 0.25) is 0 Å². The van der Waals surface area contributed by atoms with E-state index < -0.39 is 0 Å². The molecule has 0 aromatic carbocycles. The maximum atomic E-state index is 11.8. The zero-order valence-electron chi connectivity index (χ0n) is 9.72. The van der Waals surface area contributed by atoms with E-state index in [0.29, 0.717) is 31.1 Å². The first-order chi connectivity index (χ1) is 8.24. The summed E-state index contributed by atoms with van der Waals surface area (Å²) in [5, 5.41) is 8.04. The van der Waals surface area contributed by atoms with Gasteiger partial charge in [-0.2, -0.15) is 4.99 Å². The molecule has 17 heavy (non-hydrogen) atoms. The van der Waals surface area contributed by atoms with E-state index >= 15 is 0 Å². The molecule has 0 bridgehead atoms. The van der Waals surface area contributed by atoms with E-state index in [2.05, 4.69) is 4.99 Å². The lowest BCUT2D eigenvalue weighted by molar-refractivity contribution is 0.184. The number of nitrogens with zero attached hydrogens (tertiary/aromatic N) is 2. The minimum absolute atomic E-state index is 0.180. The van der Waals surface area contributed by atoms with Crippen molar-refractivity contribution in [1.29, 1.82) is 5.41 Å². The molecule has 1 aliphatic heterocycles. The fraction of sp³-hybridized carbons (Fsp3) is 0.417. The van der Waals surface area contributed by atoms with Crippen LogP contribution in [0.1, 0.15) is 6.42 Å². The molecule has 0 saturated heterocycles. The number of aliphatic imine (C=N–C) groups is 1. The van der Waals surface area contributed by atoms with Gasteiger partial charge in [-0.25, -0.2) is 4.79 Å². The van der Waals surface area contributed by atoms with Crippen LogP contribution in [0.5, 0.6) is 0 Å². The fourth-order valence-electron chi connectivity index (χ4n) is 1.89. The molecule has 5 nitrogen and oxygen atoms in total. The van der Waals surface area contributed by atoms with E-state index in [1.807, 2.05) is 18.2 Å². The Hall–Kier alpha value is -1.75. The highest BCUT2D eigenvalue weighted by Gasteiger charge is 2.31. The molecule has 1 aliphatic carbocycles. The number of methoxy groups -OCH3 is 1. The Bertz CT molecular complexity index is 423. The van der Waals surface area contributed by atoms with Crippen molar-refractivity contribution in [3.8, 4) is 0 Å². The number of allylic oxidation sites excluding steroid dienone is 3. The first-order valence-corrected chi connectivity index (χ1v) is 5.56. The third kappa shape index (κ3) is 2.34. The van der Waals surface area contributed by atoms with Gasteiger partial charge in [-0.3, -0.25) is 10.3 Å². The predicted octanol–water partition coefficient (Wildman–Crippen LogP) is 1.62. The average Bonchev–Trinajstić information content (AvgIpc) is 2.33. The number of carbonyl (C=O) groups excluding carboxylic acids is 1. The van der Waals surface area contributed by atoms with Crippen molar-refractivity contribution in [2.45, 2.75) is 6.42 Å². The molecule has 90 valence electrons. The number of amides is 2. The lowest BCUT2D eigenvalue weighted by atomic mass is 9.95. The lowest BCUT2D eigenvalue weighted by Crippen LogP contribution is -2.46. The highest BCUT2D eigenvalue weighted by atomic mass is 16.5. The summed E-state index contributed by atoms with van der Waals surface area (Å²) >= 11 is 0. The molecule has 0 saturated carbocycles. The van der Waals surface area contributed by atoms with Crippen molar-refractivity contribution in [3.63, 3.8) is 0 Å². The minimum atomic E-state index is -0.350. The zero-order chi connectivity index (χ0) is 12.3. The topological polar surface area (TPSA) is 65.8 Å². The Labute approximate surface area is 100.0 Å². The minimum Gasteiger partial charge on any atom is -0.385 e. The number of ether oxygens (including phenoxy) is 1. The smallest absolute Gasteiger partial charge is 0.349 e. The van der Waals surface area contributed by atoms with Gasteiger partial charge in [-0.15, -0.1) is 0 Å². The number of urea groups is 1. The van der Waals surface area contributed by atoms with E-state index in [1.54, 1.807) is 13.2 Å². The van der Waals surface area contributed by atoms with E-state index in [4.69, 9.17) is 10.1 Å². The SMILES string of the molecule is COCCCN1C(=N)C2C=CC=CC2=NC1=O. The number of fused-ring (bicyclic) bond motifs is 1. The zero-order valence-corrected chi connectivity index (χ0v) is 9.72. The van der Waals surface area contributed by atoms with Gasteiger partial charge in [0.1, 0.15) is 5.84 Å². The highest BCUT2D eigenvalue weighted by molar-refractivity contribution is 6.22. The van der Waals surface area contributed by atoms with Gasteiger partial charge >= 0.3 is 6.03 Å². The molecule has 0 aromatic heterocycles. The second-order valence-electron chi connectivity index (χ2n) is 3.92. The van der Waals surface area contributed by atoms with Crippen LogP contribution in [0.3, 0.4) is 0 Å². The molecule has 2 aliphatic rings. The summed E-state index contributed by atoms with van der Waals surface area (Å²) in [5.41, 5.74) is 0.658. The van der Waals surface area contributed by atoms with E-state index in [9.17, 15) is 4.79 Å². The summed E-state index contributed by atoms with van der Waals surface area (Å²) in [6, 6.07) is -0.350. The van der Waals surface area contributed by atoms with Crippen LogP contribution in [0, 0.1) is 11.3 Å². The number of rotatable bonds is 4. The van der Waals surface area contributed by atoms with E-state index in [1.165, 1.54) is 4.90 Å². The molecule has 0 spiro atoms. The molecule has 1 heterocycles. The summed E-state index contributed by atoms with van der Waals surface area (Å²) in [6.45, 7) is 1.06. The highest BCUT2D eigenvalue weighted by Crippen LogP contribution is 2.19. The third-order valence-electron chi connectivity index (χ3n) is 2.77. The van der Waals surface area contributed by atoms with Crippen LogP contribution < -0.4 is 0 Å². The first kappa shape index (κ1) is 11.7. The Morgan fingerprint density at radius 1 is 1.53 bits per heavy atom. The summed E-state index contributed by atoms with van der Waals surface area (Å²) in [6.07, 6.45) is 8.08. The molecule has 1 unspecified atom stereocenters. The third-order valence-corrected chi connectivity index (χ3v) is 2.77. The van der Waals surface area contributed by atoms with Gasteiger partial charge in [-0.05, 0) is 12.5 Å². The van der Waals surface area contributed by atoms with Gasteiger partial charge in [0.25, 0.3) is 0 Å². The number of nitrogens with one attached hydrogen (secondary N) is 1. The molecule has 2 rings (SSSR count).